The number of hydrogen-bond acceptors (Lipinski definition) is 3. The van der Waals surface area contributed by atoms with Crippen molar-refractivity contribution in [1.29, 1.82) is 5.26 Å². The van der Waals surface area contributed by atoms with Crippen LogP contribution < -0.4 is 4.72 Å². The quantitative estimate of drug-likeness (QED) is 0.834. The summed E-state index contributed by atoms with van der Waals surface area (Å²) in [6.45, 7) is 3.99. The fourth-order valence-electron chi connectivity index (χ4n) is 1.95. The molecule has 5 heteroatoms. The van der Waals surface area contributed by atoms with Crippen LogP contribution in [0.25, 0.3) is 0 Å². The SMILES string of the molecule is CCCC(CC)NS(=O)(=O)Cc1ccccc1C#N. The lowest BCUT2D eigenvalue weighted by Gasteiger charge is -2.16. The Balaban J connectivity index is 2.82. The number of rotatable bonds is 7. The van der Waals surface area contributed by atoms with Crippen molar-refractivity contribution >= 4 is 10.0 Å². The molecule has 104 valence electrons. The Morgan fingerprint density at radius 2 is 2.00 bits per heavy atom. The highest BCUT2D eigenvalue weighted by atomic mass is 32.2. The minimum absolute atomic E-state index is 0.0238. The Hall–Kier alpha value is -1.38. The summed E-state index contributed by atoms with van der Waals surface area (Å²) < 4.78 is 26.9. The highest BCUT2D eigenvalue weighted by Crippen LogP contribution is 2.12. The zero-order valence-electron chi connectivity index (χ0n) is 11.4. The zero-order valence-corrected chi connectivity index (χ0v) is 12.2. The predicted octanol–water partition coefficient (Wildman–Crippen LogP) is 2.56. The topological polar surface area (TPSA) is 70.0 Å². The van der Waals surface area contributed by atoms with E-state index in [1.54, 1.807) is 24.3 Å². The van der Waals surface area contributed by atoms with E-state index >= 15 is 0 Å². The minimum Gasteiger partial charge on any atom is -0.212 e. The molecule has 1 unspecified atom stereocenters. The molecule has 0 aliphatic carbocycles. The summed E-state index contributed by atoms with van der Waals surface area (Å²) in [7, 11) is -3.40. The molecule has 19 heavy (non-hydrogen) atoms. The van der Waals surface area contributed by atoms with Crippen LogP contribution in [0.5, 0.6) is 0 Å². The Morgan fingerprint density at radius 1 is 1.32 bits per heavy atom. The van der Waals surface area contributed by atoms with E-state index in [-0.39, 0.29) is 11.8 Å². The number of nitriles is 1. The van der Waals surface area contributed by atoms with E-state index in [0.29, 0.717) is 11.1 Å². The van der Waals surface area contributed by atoms with Gasteiger partial charge in [0.15, 0.2) is 0 Å². The molecular formula is C14H20N2O2S. The zero-order chi connectivity index (χ0) is 14.3. The Morgan fingerprint density at radius 3 is 2.58 bits per heavy atom. The number of nitrogens with one attached hydrogen (secondary N) is 1. The van der Waals surface area contributed by atoms with Gasteiger partial charge in [0.2, 0.25) is 10.0 Å². The maximum absolute atomic E-state index is 12.1. The molecule has 4 nitrogen and oxygen atoms in total. The van der Waals surface area contributed by atoms with Crippen molar-refractivity contribution in [3.05, 3.63) is 35.4 Å². The molecule has 1 atom stereocenters. The molecule has 1 rings (SSSR count). The Kier molecular flexibility index (Phi) is 6.00. The molecule has 1 aromatic rings. The molecule has 1 N–H and O–H groups in total. The van der Waals surface area contributed by atoms with Crippen molar-refractivity contribution in [3.8, 4) is 6.07 Å². The molecular weight excluding hydrogens is 260 g/mol. The van der Waals surface area contributed by atoms with E-state index < -0.39 is 10.0 Å². The van der Waals surface area contributed by atoms with Crippen LogP contribution >= 0.6 is 0 Å². The second-order valence-electron chi connectivity index (χ2n) is 4.54. The fraction of sp³-hybridized carbons (Fsp3) is 0.500. The first-order valence-electron chi connectivity index (χ1n) is 6.50. The van der Waals surface area contributed by atoms with E-state index in [1.165, 1.54) is 0 Å². The minimum atomic E-state index is -3.40. The van der Waals surface area contributed by atoms with E-state index in [2.05, 4.69) is 4.72 Å². The average molecular weight is 280 g/mol. The molecule has 0 amide bonds. The van der Waals surface area contributed by atoms with Gasteiger partial charge in [0, 0.05) is 6.04 Å². The molecule has 0 radical (unpaired) electrons. The van der Waals surface area contributed by atoms with E-state index in [4.69, 9.17) is 5.26 Å². The summed E-state index contributed by atoms with van der Waals surface area (Å²) in [4.78, 5) is 0. The van der Waals surface area contributed by atoms with Gasteiger partial charge in [-0.05, 0) is 24.5 Å². The van der Waals surface area contributed by atoms with Crippen LogP contribution in [-0.2, 0) is 15.8 Å². The summed E-state index contributed by atoms with van der Waals surface area (Å²) in [5, 5.41) is 8.96. The van der Waals surface area contributed by atoms with Crippen LogP contribution in [0, 0.1) is 11.3 Å². The van der Waals surface area contributed by atoms with E-state index in [1.807, 2.05) is 19.9 Å². The van der Waals surface area contributed by atoms with Gasteiger partial charge in [0.1, 0.15) is 0 Å². The standard InChI is InChI=1S/C14H20N2O2S/c1-3-7-14(4-2)16-19(17,18)11-13-9-6-5-8-12(13)10-15/h5-6,8-9,14,16H,3-4,7,11H2,1-2H3. The van der Waals surface area contributed by atoms with Crippen molar-refractivity contribution in [2.75, 3.05) is 0 Å². The summed E-state index contributed by atoms with van der Waals surface area (Å²) in [6, 6.07) is 8.78. The Bertz CT molecular complexity index is 547. The number of nitrogens with zero attached hydrogens (tertiary/aromatic N) is 1. The van der Waals surface area contributed by atoms with Crippen LogP contribution in [0.2, 0.25) is 0 Å². The third-order valence-corrected chi connectivity index (χ3v) is 4.34. The maximum atomic E-state index is 12.1. The molecule has 0 aromatic heterocycles. The lowest BCUT2D eigenvalue weighted by Crippen LogP contribution is -2.35. The summed E-state index contributed by atoms with van der Waals surface area (Å²) >= 11 is 0. The molecule has 0 fully saturated rings. The van der Waals surface area contributed by atoms with Gasteiger partial charge in [0.05, 0.1) is 17.4 Å². The van der Waals surface area contributed by atoms with Crippen molar-refractivity contribution in [3.63, 3.8) is 0 Å². The summed E-state index contributed by atoms with van der Waals surface area (Å²) in [5.41, 5.74) is 0.959. The predicted molar refractivity (Wildman–Crippen MR) is 75.9 cm³/mol. The molecule has 0 saturated heterocycles. The van der Waals surface area contributed by atoms with Gasteiger partial charge in [-0.2, -0.15) is 5.26 Å². The monoisotopic (exact) mass is 280 g/mol. The van der Waals surface area contributed by atoms with Crippen molar-refractivity contribution in [1.82, 2.24) is 4.72 Å². The molecule has 1 aromatic carbocycles. The van der Waals surface area contributed by atoms with Crippen LogP contribution in [0.1, 0.15) is 44.2 Å². The van der Waals surface area contributed by atoms with Crippen molar-refractivity contribution in [2.24, 2.45) is 0 Å². The van der Waals surface area contributed by atoms with Crippen molar-refractivity contribution in [2.45, 2.75) is 44.9 Å². The summed E-state index contributed by atoms with van der Waals surface area (Å²) in [5.74, 6) is -0.142. The third kappa shape index (κ3) is 5.01. The molecule has 0 heterocycles. The van der Waals surface area contributed by atoms with Crippen LogP contribution in [0.4, 0.5) is 0 Å². The van der Waals surface area contributed by atoms with Crippen LogP contribution in [0.15, 0.2) is 24.3 Å². The van der Waals surface area contributed by atoms with Gasteiger partial charge in [0.25, 0.3) is 0 Å². The first-order valence-corrected chi connectivity index (χ1v) is 8.15. The van der Waals surface area contributed by atoms with Crippen LogP contribution in [0.3, 0.4) is 0 Å². The second kappa shape index (κ2) is 7.27. The largest absolute Gasteiger partial charge is 0.216 e. The molecule has 0 aliphatic heterocycles. The first-order chi connectivity index (χ1) is 9.02. The number of sulfonamides is 1. The van der Waals surface area contributed by atoms with Gasteiger partial charge < -0.3 is 0 Å². The van der Waals surface area contributed by atoms with Crippen LogP contribution in [-0.4, -0.2) is 14.5 Å². The molecule has 0 aliphatic rings. The van der Waals surface area contributed by atoms with Crippen molar-refractivity contribution < 1.29 is 8.42 Å². The second-order valence-corrected chi connectivity index (χ2v) is 6.29. The highest BCUT2D eigenvalue weighted by Gasteiger charge is 2.18. The van der Waals surface area contributed by atoms with Gasteiger partial charge >= 0.3 is 0 Å². The third-order valence-electron chi connectivity index (χ3n) is 2.96. The Labute approximate surface area is 115 Å². The summed E-state index contributed by atoms with van der Waals surface area (Å²) in [6.07, 6.45) is 2.54. The normalized spacial score (nSPS) is 12.9. The van der Waals surface area contributed by atoms with E-state index in [9.17, 15) is 8.42 Å². The lowest BCUT2D eigenvalue weighted by atomic mass is 10.1. The van der Waals surface area contributed by atoms with Gasteiger partial charge in [-0.3, -0.25) is 0 Å². The first kappa shape index (κ1) is 15.7. The number of benzene rings is 1. The highest BCUT2D eigenvalue weighted by molar-refractivity contribution is 7.88. The van der Waals surface area contributed by atoms with Gasteiger partial charge in [-0.25, -0.2) is 13.1 Å². The lowest BCUT2D eigenvalue weighted by molar-refractivity contribution is 0.512. The molecule has 0 bridgehead atoms. The fourth-order valence-corrected chi connectivity index (χ4v) is 3.49. The van der Waals surface area contributed by atoms with Gasteiger partial charge in [-0.1, -0.05) is 38.5 Å². The smallest absolute Gasteiger partial charge is 0.212 e. The molecule has 0 saturated carbocycles. The van der Waals surface area contributed by atoms with E-state index in [0.717, 1.165) is 19.3 Å². The average Bonchev–Trinajstić information content (AvgIpc) is 2.38. The number of hydrogen-bond donors (Lipinski definition) is 1. The maximum Gasteiger partial charge on any atom is 0.216 e. The molecule has 0 spiro atoms. The van der Waals surface area contributed by atoms with Gasteiger partial charge in [-0.15, -0.1) is 0 Å².